The van der Waals surface area contributed by atoms with Crippen molar-refractivity contribution in [2.24, 2.45) is 0 Å². The van der Waals surface area contributed by atoms with Gasteiger partial charge in [-0.15, -0.1) is 0 Å². The summed E-state index contributed by atoms with van der Waals surface area (Å²) in [6.45, 7) is 1.48. The number of hydrogen-bond acceptors (Lipinski definition) is 7. The molecular weight excluding hydrogens is 414 g/mol. The Kier molecular flexibility index (Phi) is 6.02. The molecule has 1 amide bonds. The number of ketones is 2. The number of Topliss-reactive ketones (excluding diaryl/α,β-unsaturated/α-hetero) is 2. The van der Waals surface area contributed by atoms with Crippen LogP contribution >= 0.6 is 0 Å². The Bertz CT molecular complexity index is 1180. The van der Waals surface area contributed by atoms with Crippen LogP contribution in [0.4, 0.5) is 5.69 Å². The van der Waals surface area contributed by atoms with Gasteiger partial charge in [-0.1, -0.05) is 18.2 Å². The Morgan fingerprint density at radius 3 is 2.62 bits per heavy atom. The minimum atomic E-state index is -0.449. The van der Waals surface area contributed by atoms with Crippen molar-refractivity contribution in [3.05, 3.63) is 59.9 Å². The largest absolute Gasteiger partial charge is 0.482 e. The minimum absolute atomic E-state index is 0.0235. The summed E-state index contributed by atoms with van der Waals surface area (Å²) in [5.74, 6) is -0.963. The average molecular weight is 435 g/mol. The summed E-state index contributed by atoms with van der Waals surface area (Å²) in [5, 5.41) is 0.791. The van der Waals surface area contributed by atoms with E-state index in [1.807, 2.05) is 18.2 Å². The van der Waals surface area contributed by atoms with Gasteiger partial charge in [0, 0.05) is 17.4 Å². The van der Waals surface area contributed by atoms with Crippen molar-refractivity contribution < 1.29 is 33.1 Å². The first-order chi connectivity index (χ1) is 15.5. The van der Waals surface area contributed by atoms with Crippen molar-refractivity contribution >= 4 is 40.1 Å². The van der Waals surface area contributed by atoms with Gasteiger partial charge in [-0.25, -0.2) is 0 Å². The monoisotopic (exact) mass is 435 g/mol. The van der Waals surface area contributed by atoms with E-state index in [0.29, 0.717) is 22.6 Å². The predicted molar refractivity (Wildman–Crippen MR) is 115 cm³/mol. The van der Waals surface area contributed by atoms with Gasteiger partial charge in [0.1, 0.15) is 11.3 Å². The summed E-state index contributed by atoms with van der Waals surface area (Å²) in [6, 6.07) is 13.5. The molecular formula is C24H21NO7. The molecule has 0 radical (unpaired) electrons. The molecule has 0 spiro atoms. The maximum Gasteiger partial charge on any atom is 0.306 e. The molecule has 2 heterocycles. The van der Waals surface area contributed by atoms with E-state index >= 15 is 0 Å². The van der Waals surface area contributed by atoms with Gasteiger partial charge in [0.15, 0.2) is 18.2 Å². The van der Waals surface area contributed by atoms with E-state index in [0.717, 1.165) is 5.39 Å². The first kappa shape index (κ1) is 21.3. The van der Waals surface area contributed by atoms with Gasteiger partial charge in [-0.05, 0) is 37.3 Å². The average Bonchev–Trinajstić information content (AvgIpc) is 3.24. The van der Waals surface area contributed by atoms with E-state index < -0.39 is 11.9 Å². The number of hydrogen-bond donors (Lipinski definition) is 0. The molecule has 3 aromatic rings. The Hall–Kier alpha value is -3.94. The molecule has 8 heteroatoms. The van der Waals surface area contributed by atoms with E-state index in [9.17, 15) is 19.2 Å². The molecule has 0 bridgehead atoms. The van der Waals surface area contributed by atoms with Crippen molar-refractivity contribution in [1.82, 2.24) is 0 Å². The molecule has 8 nitrogen and oxygen atoms in total. The Balaban J connectivity index is 1.54. The van der Waals surface area contributed by atoms with Gasteiger partial charge in [-0.3, -0.25) is 24.1 Å². The van der Waals surface area contributed by atoms with Crippen molar-refractivity contribution in [3.8, 4) is 5.75 Å². The van der Waals surface area contributed by atoms with E-state index in [4.69, 9.17) is 13.9 Å². The van der Waals surface area contributed by atoms with Crippen LogP contribution < -0.4 is 9.64 Å². The quantitative estimate of drug-likeness (QED) is 0.394. The molecule has 4 rings (SSSR count). The van der Waals surface area contributed by atoms with Crippen LogP contribution in [-0.4, -0.2) is 43.2 Å². The molecule has 0 atom stereocenters. The zero-order chi connectivity index (χ0) is 22.7. The third-order valence-corrected chi connectivity index (χ3v) is 5.09. The highest BCUT2D eigenvalue weighted by Crippen LogP contribution is 2.34. The summed E-state index contributed by atoms with van der Waals surface area (Å²) in [7, 11) is 0. The normalized spacial score (nSPS) is 12.9. The van der Waals surface area contributed by atoms with Crippen molar-refractivity contribution in [2.45, 2.75) is 19.8 Å². The second-order valence-corrected chi connectivity index (χ2v) is 7.25. The molecule has 0 saturated heterocycles. The summed E-state index contributed by atoms with van der Waals surface area (Å²) >= 11 is 0. The molecule has 32 heavy (non-hydrogen) atoms. The van der Waals surface area contributed by atoms with E-state index in [1.165, 1.54) is 11.0 Å². The SMILES string of the molecule is CCOC(=O)CCC(=O)c1ccc2c(c1)N(CC(=O)c1cc3ccccc3o1)C(=O)CO2. The van der Waals surface area contributed by atoms with Crippen molar-refractivity contribution in [3.63, 3.8) is 0 Å². The molecule has 1 aliphatic rings. The second-order valence-electron chi connectivity index (χ2n) is 7.25. The molecule has 0 N–H and O–H groups in total. The first-order valence-corrected chi connectivity index (χ1v) is 10.2. The Morgan fingerprint density at radius 2 is 1.84 bits per heavy atom. The lowest BCUT2D eigenvalue weighted by atomic mass is 10.0. The van der Waals surface area contributed by atoms with Crippen LogP contribution in [0.5, 0.6) is 5.75 Å². The van der Waals surface area contributed by atoms with Crippen LogP contribution in [0.3, 0.4) is 0 Å². The number of para-hydroxylation sites is 1. The number of ether oxygens (including phenoxy) is 2. The Morgan fingerprint density at radius 1 is 1.03 bits per heavy atom. The van der Waals surface area contributed by atoms with Crippen LogP contribution in [0.15, 0.2) is 52.9 Å². The van der Waals surface area contributed by atoms with E-state index in [-0.39, 0.29) is 49.9 Å². The van der Waals surface area contributed by atoms with Gasteiger partial charge in [0.2, 0.25) is 5.78 Å². The minimum Gasteiger partial charge on any atom is -0.482 e. The number of carbonyl (C=O) groups is 4. The van der Waals surface area contributed by atoms with Crippen LogP contribution in [0, 0.1) is 0 Å². The highest BCUT2D eigenvalue weighted by molar-refractivity contribution is 6.08. The fourth-order valence-electron chi connectivity index (χ4n) is 3.48. The zero-order valence-electron chi connectivity index (χ0n) is 17.5. The topological polar surface area (TPSA) is 103 Å². The van der Waals surface area contributed by atoms with Gasteiger partial charge in [0.05, 0.1) is 25.3 Å². The summed E-state index contributed by atoms with van der Waals surface area (Å²) in [5.41, 5.74) is 1.22. The van der Waals surface area contributed by atoms with Crippen LogP contribution in [-0.2, 0) is 14.3 Å². The van der Waals surface area contributed by atoms with Crippen molar-refractivity contribution in [1.29, 1.82) is 0 Å². The lowest BCUT2D eigenvalue weighted by Crippen LogP contribution is -2.42. The van der Waals surface area contributed by atoms with Crippen LogP contribution in [0.1, 0.15) is 40.7 Å². The van der Waals surface area contributed by atoms with E-state index in [1.54, 1.807) is 31.2 Å². The third-order valence-electron chi connectivity index (χ3n) is 5.09. The number of rotatable bonds is 8. The molecule has 0 saturated carbocycles. The van der Waals surface area contributed by atoms with Gasteiger partial charge < -0.3 is 13.9 Å². The summed E-state index contributed by atoms with van der Waals surface area (Å²) in [6.07, 6.45) is -0.0578. The Labute approximate surface area is 183 Å². The maximum absolute atomic E-state index is 12.8. The number of nitrogens with zero attached hydrogens (tertiary/aromatic N) is 1. The molecule has 164 valence electrons. The third kappa shape index (κ3) is 4.39. The second kappa shape index (κ2) is 9.05. The molecule has 2 aromatic carbocycles. The van der Waals surface area contributed by atoms with Crippen molar-refractivity contribution in [2.75, 3.05) is 24.7 Å². The number of fused-ring (bicyclic) bond motifs is 2. The zero-order valence-corrected chi connectivity index (χ0v) is 17.5. The molecule has 1 aromatic heterocycles. The predicted octanol–water partition coefficient (Wildman–Crippen LogP) is 3.57. The highest BCUT2D eigenvalue weighted by atomic mass is 16.5. The highest BCUT2D eigenvalue weighted by Gasteiger charge is 2.29. The fraction of sp³-hybridized carbons (Fsp3) is 0.250. The number of amides is 1. The number of anilines is 1. The van der Waals surface area contributed by atoms with Crippen LogP contribution in [0.25, 0.3) is 11.0 Å². The number of esters is 1. The standard InChI is InChI=1S/C24H21NO7/c1-2-30-24(29)10-8-18(26)15-7-9-21-17(11-15)25(23(28)14-31-21)13-19(27)22-12-16-5-3-4-6-20(16)32-22/h3-7,9,11-12H,2,8,10,13-14H2,1H3. The lowest BCUT2D eigenvalue weighted by molar-refractivity contribution is -0.143. The van der Waals surface area contributed by atoms with Crippen LogP contribution in [0.2, 0.25) is 0 Å². The first-order valence-electron chi connectivity index (χ1n) is 10.2. The maximum atomic E-state index is 12.8. The molecule has 1 aliphatic heterocycles. The van der Waals surface area contributed by atoms with E-state index in [2.05, 4.69) is 0 Å². The smallest absolute Gasteiger partial charge is 0.306 e. The molecule has 0 fully saturated rings. The number of benzene rings is 2. The number of furan rings is 1. The summed E-state index contributed by atoms with van der Waals surface area (Å²) in [4.78, 5) is 50.7. The number of carbonyl (C=O) groups excluding carboxylic acids is 4. The van der Waals surface area contributed by atoms with Gasteiger partial charge in [-0.2, -0.15) is 0 Å². The molecule has 0 unspecified atom stereocenters. The van der Waals surface area contributed by atoms with Gasteiger partial charge >= 0.3 is 5.97 Å². The lowest BCUT2D eigenvalue weighted by Gasteiger charge is -2.29. The fourth-order valence-corrected chi connectivity index (χ4v) is 3.48. The molecule has 0 aliphatic carbocycles. The summed E-state index contributed by atoms with van der Waals surface area (Å²) < 4.78 is 15.9. The van der Waals surface area contributed by atoms with Gasteiger partial charge in [0.25, 0.3) is 5.91 Å².